The number of hydrogen-bond donors (Lipinski definition) is 5. The first-order valence-corrected chi connectivity index (χ1v) is 28.2. The van der Waals surface area contributed by atoms with E-state index in [1.54, 1.807) is 59.8 Å². The number of β-amino-alcohol motifs (C(OH)–C–C–N with tert-alkyl or cyclic N) is 1. The molecule has 2 aromatic rings. The van der Waals surface area contributed by atoms with Gasteiger partial charge in [0.1, 0.15) is 52.1 Å². The molecule has 0 radical (unpaired) electrons. The van der Waals surface area contributed by atoms with Crippen molar-refractivity contribution in [3.8, 4) is 0 Å². The van der Waals surface area contributed by atoms with Crippen LogP contribution in [0.2, 0.25) is 0 Å². The summed E-state index contributed by atoms with van der Waals surface area (Å²) in [6, 6.07) is 7.56. The number of nitro groups is 2. The van der Waals surface area contributed by atoms with E-state index in [1.807, 2.05) is 0 Å². The number of esters is 2. The normalized spacial score (nSPS) is 27.9. The van der Waals surface area contributed by atoms with Gasteiger partial charge in [0.2, 0.25) is 17.7 Å². The third-order valence-electron chi connectivity index (χ3n) is 15.8. The molecule has 0 unspecified atom stereocenters. The van der Waals surface area contributed by atoms with E-state index in [0.29, 0.717) is 25.8 Å². The fourth-order valence-corrected chi connectivity index (χ4v) is 10.6. The topological polar surface area (TPSA) is 369 Å². The number of Topliss-reactive ketones (excluding diaryl/α,β-unsaturated/α-hetero) is 3. The number of aliphatic hydroxyl groups is 1. The van der Waals surface area contributed by atoms with E-state index in [0.717, 1.165) is 0 Å². The van der Waals surface area contributed by atoms with Crippen LogP contribution in [0.3, 0.4) is 0 Å². The molecule has 478 valence electrons. The van der Waals surface area contributed by atoms with E-state index in [-0.39, 0.29) is 108 Å². The molecule has 3 saturated heterocycles. The van der Waals surface area contributed by atoms with Gasteiger partial charge in [-0.1, -0.05) is 18.2 Å². The lowest BCUT2D eigenvalue weighted by Crippen LogP contribution is -2.53. The minimum Gasteiger partial charge on any atom is -0.457 e. The van der Waals surface area contributed by atoms with Crippen molar-refractivity contribution in [1.82, 2.24) is 31.1 Å². The average Bonchev–Trinajstić information content (AvgIpc) is 1.91. The Balaban J connectivity index is 0.000000244. The number of carbonyl (C=O) groups is 10. The fourth-order valence-electron chi connectivity index (χ4n) is 10.6. The lowest BCUT2D eigenvalue weighted by Gasteiger charge is -2.28. The van der Waals surface area contributed by atoms with Gasteiger partial charge in [0.05, 0.1) is 46.2 Å². The summed E-state index contributed by atoms with van der Waals surface area (Å²) >= 11 is 0. The van der Waals surface area contributed by atoms with Crippen molar-refractivity contribution in [2.75, 3.05) is 19.6 Å². The average molecular weight is 1250 g/mol. The highest BCUT2D eigenvalue weighted by Gasteiger charge is 2.61. The maximum atomic E-state index is 13.2. The second kappa shape index (κ2) is 27.7. The monoisotopic (exact) mass is 1250 g/mol. The van der Waals surface area contributed by atoms with E-state index in [4.69, 9.17) is 18.9 Å². The summed E-state index contributed by atoms with van der Waals surface area (Å²) in [5, 5.41) is 42.7. The van der Waals surface area contributed by atoms with Crippen LogP contribution in [0.25, 0.3) is 0 Å². The third kappa shape index (κ3) is 16.8. The van der Waals surface area contributed by atoms with Gasteiger partial charge in [-0.05, 0) is 106 Å². The smallest absolute Gasteiger partial charge is 0.411 e. The first-order chi connectivity index (χ1) is 40.5. The SMILES string of the molecule is C=C[C@@H]1C[C@]1(NC(=O)[C@@H]1C[C@H](O)CN1C(=O)OC(C)(C)C)C(C)=O.C=C[C@@H]1C[C@]1(NC(=O)[C@@H]1C[C@H](OC(=O)c2ccc([N+](=O)[O-])cc2)CN1)C(C)=O.C=C[C@@H]1C[C@]1(NC(=O)[C@@H]1C[C@H](OC(=O)c2ccc([N+](=O)[O-])cc2)CN1C(=O)OC(C)(C)C)C(C)=O.Cl. The zero-order valence-corrected chi connectivity index (χ0v) is 51.3. The standard InChI is InChI=1S/C24H29N3O8.C19H21N3O6.C17H26N2O5.ClH/c1-6-16-12-24(16,14(2)28)25-20(29)19-11-18(13-26(19)22(31)35-23(3,4)5)34-21(30)15-7-9-17(10-8-15)27(32)33;1-3-13-9-19(13,11(2)23)21-17(24)16-8-15(10-20-16)28-18(25)12-4-6-14(7-5-12)22(26)27;1-6-11-8-17(11,10(2)20)18-14(22)13-7-12(21)9-19(13)15(23)24-16(3,4)5;/h6-10,16,18-19H,1,11-13H2,2-5H3,(H,25,29);3-7,13,15-16,20H,1,8-10H2,2H3,(H,21,24);6,11-13,21H,1,7-9H2,2-5H3,(H,18,22);1H/t16-,18+,19+,24+;13-,15+,16+,19+;11-,12+,13+,17+;/m111./s1. The molecule has 3 saturated carbocycles. The molecule has 3 aliphatic heterocycles. The van der Waals surface area contributed by atoms with Crippen LogP contribution in [0.1, 0.15) is 122 Å². The molecule has 88 heavy (non-hydrogen) atoms. The first-order valence-electron chi connectivity index (χ1n) is 28.2. The highest BCUT2D eigenvalue weighted by atomic mass is 35.5. The van der Waals surface area contributed by atoms with Crippen LogP contribution in [0.15, 0.2) is 86.5 Å². The van der Waals surface area contributed by atoms with Crippen molar-refractivity contribution in [3.05, 3.63) is 118 Å². The maximum absolute atomic E-state index is 13.2. The van der Waals surface area contributed by atoms with Crippen LogP contribution in [0, 0.1) is 38.0 Å². The fraction of sp³-hybridized carbons (Fsp3) is 0.533. The van der Waals surface area contributed by atoms with Gasteiger partial charge in [0.25, 0.3) is 11.4 Å². The van der Waals surface area contributed by atoms with Crippen molar-refractivity contribution in [1.29, 1.82) is 0 Å². The Morgan fingerprint density at radius 1 is 0.580 bits per heavy atom. The number of hydrogen-bond acceptors (Lipinski definition) is 20. The molecule has 3 aliphatic carbocycles. The lowest BCUT2D eigenvalue weighted by molar-refractivity contribution is -0.385. The molecule has 27 nitrogen and oxygen atoms in total. The molecule has 3 heterocycles. The number of rotatable bonds is 18. The van der Waals surface area contributed by atoms with Gasteiger partial charge in [-0.3, -0.25) is 58.8 Å². The van der Waals surface area contributed by atoms with Gasteiger partial charge >= 0.3 is 24.1 Å². The Kier molecular flexibility index (Phi) is 22.2. The van der Waals surface area contributed by atoms with Crippen molar-refractivity contribution < 1.29 is 81.8 Å². The van der Waals surface area contributed by atoms with Crippen LogP contribution in [-0.2, 0) is 47.7 Å². The van der Waals surface area contributed by atoms with Gasteiger partial charge in [0.15, 0.2) is 17.3 Å². The van der Waals surface area contributed by atoms with Gasteiger partial charge in [0, 0.05) is 67.8 Å². The van der Waals surface area contributed by atoms with Gasteiger partial charge in [-0.25, -0.2) is 19.2 Å². The molecule has 6 aliphatic rings. The molecule has 12 atom stereocenters. The summed E-state index contributed by atoms with van der Waals surface area (Å²) in [4.78, 5) is 147. The second-order valence-corrected chi connectivity index (χ2v) is 24.5. The number of benzene rings is 2. The largest absolute Gasteiger partial charge is 0.457 e. The Bertz CT molecular complexity index is 3110. The number of ether oxygens (including phenoxy) is 4. The molecule has 5 amide bonds. The first kappa shape index (κ1) is 70.3. The van der Waals surface area contributed by atoms with E-state index >= 15 is 0 Å². The molecule has 0 bridgehead atoms. The number of aliphatic hydroxyl groups excluding tert-OH is 1. The number of nitro benzene ring substituents is 2. The third-order valence-corrected chi connectivity index (χ3v) is 15.8. The van der Waals surface area contributed by atoms with Crippen molar-refractivity contribution in [3.63, 3.8) is 0 Å². The highest BCUT2D eigenvalue weighted by Crippen LogP contribution is 2.47. The van der Waals surface area contributed by atoms with Gasteiger partial charge < -0.3 is 45.3 Å². The second-order valence-electron chi connectivity index (χ2n) is 24.5. The zero-order chi connectivity index (χ0) is 64.9. The van der Waals surface area contributed by atoms with E-state index in [9.17, 15) is 73.3 Å². The Hall–Kier alpha value is -8.43. The number of non-ortho nitro benzene ring substituents is 2. The van der Waals surface area contributed by atoms with Crippen molar-refractivity contribution in [2.45, 2.75) is 165 Å². The van der Waals surface area contributed by atoms with Crippen LogP contribution in [0.5, 0.6) is 0 Å². The Labute approximate surface area is 514 Å². The van der Waals surface area contributed by atoms with E-state index in [1.165, 1.54) is 79.1 Å². The predicted molar refractivity (Wildman–Crippen MR) is 317 cm³/mol. The number of ketones is 3. The molecule has 8 rings (SSSR count). The summed E-state index contributed by atoms with van der Waals surface area (Å²) < 4.78 is 21.6. The molecule has 0 spiro atoms. The Morgan fingerprint density at radius 3 is 1.27 bits per heavy atom. The number of likely N-dealkylation sites (tertiary alicyclic amines) is 2. The van der Waals surface area contributed by atoms with Gasteiger partial charge in [-0.2, -0.15) is 0 Å². The number of carbonyl (C=O) groups excluding carboxylic acids is 10. The van der Waals surface area contributed by atoms with Crippen molar-refractivity contribution >= 4 is 83.0 Å². The minimum atomic E-state index is -1.05. The van der Waals surface area contributed by atoms with Crippen LogP contribution in [0.4, 0.5) is 21.0 Å². The lowest BCUT2D eigenvalue weighted by atomic mass is 10.1. The summed E-state index contributed by atoms with van der Waals surface area (Å²) in [6.07, 6.45) is 3.27. The molecular formula is C60H77ClN8O19. The molecule has 2 aromatic carbocycles. The number of amides is 5. The summed E-state index contributed by atoms with van der Waals surface area (Å²) in [5.41, 5.74) is -4.37. The zero-order valence-electron chi connectivity index (χ0n) is 50.5. The molecule has 28 heteroatoms. The van der Waals surface area contributed by atoms with Crippen molar-refractivity contribution in [2.24, 2.45) is 17.8 Å². The quantitative estimate of drug-likeness (QED) is 0.0413. The molecule has 5 N–H and O–H groups in total. The maximum Gasteiger partial charge on any atom is 0.411 e. The molecule has 0 aromatic heterocycles. The minimum absolute atomic E-state index is 0. The molecular weight excluding hydrogens is 1170 g/mol. The van der Waals surface area contributed by atoms with Crippen LogP contribution < -0.4 is 21.3 Å². The van der Waals surface area contributed by atoms with E-state index in [2.05, 4.69) is 41.0 Å². The van der Waals surface area contributed by atoms with Crippen LogP contribution in [-0.4, -0.2) is 168 Å². The summed E-state index contributed by atoms with van der Waals surface area (Å²) in [5.74, 6) is -3.48. The highest BCUT2D eigenvalue weighted by molar-refractivity contribution is 5.99. The van der Waals surface area contributed by atoms with E-state index < -0.39 is 110 Å². The molecule has 6 fully saturated rings. The summed E-state index contributed by atoms with van der Waals surface area (Å²) in [7, 11) is 0. The number of nitrogens with one attached hydrogen (secondary N) is 4. The summed E-state index contributed by atoms with van der Waals surface area (Å²) in [6.45, 7) is 25.8. The van der Waals surface area contributed by atoms with Crippen LogP contribution >= 0.6 is 12.4 Å². The predicted octanol–water partition coefficient (Wildman–Crippen LogP) is 5.34. The van der Waals surface area contributed by atoms with Gasteiger partial charge in [-0.15, -0.1) is 32.1 Å². The number of nitrogens with zero attached hydrogens (tertiary/aromatic N) is 4. The Morgan fingerprint density at radius 2 is 0.932 bits per heavy atom. The number of halogens is 1.